The largest absolute Gasteiger partial charge is 0.490 e. The number of allylic oxidation sites excluding steroid dienone is 6. The maximum absolute atomic E-state index is 12.6. The van der Waals surface area contributed by atoms with Gasteiger partial charge in [-0.15, -0.1) is 0 Å². The standard InChI is InChI=1S/C55H75N6O26P3S2/c1-54(2)41-33-39(91(74,75)76)17-19-43(41)59(5)47(54)14-8-6-9-15-48-55(3,4)42-34-40(92(77,78)79)18-20-44(42)60(48)24-11-7-10-16-49(63)57-23-26-81-28-30-83-32-31-82-29-27-80-25-21-50(64)56-22-12-13-38-36-61(53(66)58-52(38)65)51-35-45(62)46(85-51)37-84-89(70,71)87-90(72,73)86-88(67,68)69/h6,8-9,14-15,17-20,33-34,36,45-46,51,62H,7,10-11,16,21-32,35,37H2,1-5H3,(H8-,56,57,58,63,64,65,66,67,68,69,70,71,72,73,74,75,76,77,78,79)/p+1/t45-,46+,51+/m0/s1. The zero-order valence-corrected chi connectivity index (χ0v) is 55.1. The molecule has 5 atom stereocenters. The Bertz CT molecular complexity index is 3870. The molecule has 10 N–H and O–H groups in total. The number of fused-ring (bicyclic) bond motifs is 2. The molecule has 2 amide bonds. The fourth-order valence-electron chi connectivity index (χ4n) is 10.1. The number of rotatable bonds is 35. The molecule has 508 valence electrons. The van der Waals surface area contributed by atoms with Crippen molar-refractivity contribution in [3.63, 3.8) is 0 Å². The lowest BCUT2D eigenvalue weighted by atomic mass is 9.81. The molecule has 0 saturated carbocycles. The number of phosphoric ester groups is 1. The van der Waals surface area contributed by atoms with E-state index in [0.717, 1.165) is 51.1 Å². The van der Waals surface area contributed by atoms with E-state index in [-0.39, 0.29) is 80.3 Å². The summed E-state index contributed by atoms with van der Waals surface area (Å²) in [5, 5.41) is 15.8. The van der Waals surface area contributed by atoms with Gasteiger partial charge in [-0.05, 0) is 68.7 Å². The van der Waals surface area contributed by atoms with Crippen LogP contribution in [-0.4, -0.2) is 181 Å². The number of phosphoric acid groups is 3. The van der Waals surface area contributed by atoms with Crippen LogP contribution in [0.2, 0.25) is 0 Å². The highest BCUT2D eigenvalue weighted by Gasteiger charge is 2.45. The van der Waals surface area contributed by atoms with Gasteiger partial charge in [0.15, 0.2) is 5.71 Å². The van der Waals surface area contributed by atoms with Crippen molar-refractivity contribution in [3.05, 3.63) is 116 Å². The van der Waals surface area contributed by atoms with E-state index >= 15 is 0 Å². The van der Waals surface area contributed by atoms with E-state index in [1.54, 1.807) is 12.1 Å². The van der Waals surface area contributed by atoms with Crippen molar-refractivity contribution in [1.82, 2.24) is 20.2 Å². The molecule has 0 aliphatic carbocycles. The molecule has 0 radical (unpaired) electrons. The van der Waals surface area contributed by atoms with E-state index in [9.17, 15) is 73.7 Å². The zero-order chi connectivity index (χ0) is 67.9. The summed E-state index contributed by atoms with van der Waals surface area (Å²) in [5.74, 6) is 4.53. The molecule has 2 unspecified atom stereocenters. The Morgan fingerprint density at radius 1 is 0.772 bits per heavy atom. The van der Waals surface area contributed by atoms with Crippen molar-refractivity contribution < 1.29 is 115 Å². The topological polar surface area (TPSA) is 454 Å². The van der Waals surface area contributed by atoms with Crippen molar-refractivity contribution in [2.45, 2.75) is 105 Å². The first-order valence-corrected chi connectivity index (χ1v) is 35.9. The minimum atomic E-state index is -5.80. The summed E-state index contributed by atoms with van der Waals surface area (Å²) in [7, 11) is -23.9. The Morgan fingerprint density at radius 3 is 2.02 bits per heavy atom. The number of hydrogen-bond donors (Lipinski definition) is 10. The number of nitrogens with one attached hydrogen (secondary N) is 3. The predicted octanol–water partition coefficient (Wildman–Crippen LogP) is 3.12. The molecular weight excluding hydrogens is 1320 g/mol. The van der Waals surface area contributed by atoms with Crippen LogP contribution in [0.15, 0.2) is 98.1 Å². The Balaban J connectivity index is 0.797. The molecule has 92 heavy (non-hydrogen) atoms. The number of benzene rings is 2. The Hall–Kier alpha value is -5.70. The van der Waals surface area contributed by atoms with Crippen LogP contribution in [0.5, 0.6) is 0 Å². The Kier molecular flexibility index (Phi) is 26.7. The SMILES string of the molecule is C[N+]1=C(/C=C/C=C/C=C2/N(CCCCCC(=O)NCCOCCOCCOCCOCCC(=O)NCC#Cc3cn([C@H]4C[C@H](O)[C@@H](COP(=O)(O)OP(=O)(O)OP(=O)(O)O)O4)c(=O)[nH]c3=O)c3ccc(S(=O)(=O)O)cc3C2(C)C)C(C)(C)c2cc(S(=O)(=O)O)ccc21. The monoisotopic (exact) mass is 1390 g/mol. The van der Waals surface area contributed by atoms with E-state index in [4.69, 9.17) is 33.5 Å². The molecule has 3 aromatic rings. The van der Waals surface area contributed by atoms with E-state index < -0.39 is 96.7 Å². The third kappa shape index (κ3) is 21.9. The number of aliphatic hydroxyl groups excluding tert-OH is 1. The van der Waals surface area contributed by atoms with Gasteiger partial charge in [0.05, 0.1) is 87.3 Å². The first-order chi connectivity index (χ1) is 43.0. The van der Waals surface area contributed by atoms with Crippen LogP contribution in [0.4, 0.5) is 11.4 Å². The van der Waals surface area contributed by atoms with Gasteiger partial charge in [0.2, 0.25) is 17.5 Å². The molecule has 2 aromatic carbocycles. The highest BCUT2D eigenvalue weighted by atomic mass is 32.2. The number of hydrogen-bond acceptors (Lipinski definition) is 21. The molecule has 3 aliphatic heterocycles. The number of aromatic amines is 1. The predicted molar refractivity (Wildman–Crippen MR) is 328 cm³/mol. The number of anilines is 1. The number of carbonyl (C=O) groups excluding carboxylic acids is 2. The second kappa shape index (κ2) is 32.6. The molecule has 0 bridgehead atoms. The van der Waals surface area contributed by atoms with Gasteiger partial charge in [-0.3, -0.25) is 37.6 Å². The fraction of sp³-hybridized carbons (Fsp3) is 0.509. The van der Waals surface area contributed by atoms with Gasteiger partial charge in [0.25, 0.3) is 25.8 Å². The zero-order valence-electron chi connectivity index (χ0n) is 50.8. The summed E-state index contributed by atoms with van der Waals surface area (Å²) < 4.78 is 144. The molecule has 37 heteroatoms. The molecule has 1 aromatic heterocycles. The number of carbonyl (C=O) groups is 2. The molecule has 0 spiro atoms. The van der Waals surface area contributed by atoms with Gasteiger partial charge in [-0.1, -0.05) is 50.3 Å². The maximum atomic E-state index is 12.6. The van der Waals surface area contributed by atoms with E-state index in [2.05, 4.69) is 40.5 Å². The van der Waals surface area contributed by atoms with Gasteiger partial charge < -0.3 is 63.9 Å². The van der Waals surface area contributed by atoms with Crippen LogP contribution >= 0.6 is 23.5 Å². The highest BCUT2D eigenvalue weighted by molar-refractivity contribution is 7.86. The second-order valence-electron chi connectivity index (χ2n) is 21.9. The second-order valence-corrected chi connectivity index (χ2v) is 29.2. The molecule has 1 saturated heterocycles. The third-order valence-electron chi connectivity index (χ3n) is 14.5. The number of nitrogens with zero attached hydrogens (tertiary/aromatic N) is 3. The van der Waals surface area contributed by atoms with Crippen LogP contribution in [0.1, 0.15) is 89.1 Å². The molecule has 6 rings (SSSR count). The number of ether oxygens (including phenoxy) is 5. The van der Waals surface area contributed by atoms with Crippen LogP contribution in [-0.2, 0) is 91.2 Å². The lowest BCUT2D eigenvalue weighted by Crippen LogP contribution is -2.34. The average Bonchev–Trinajstić information content (AvgIpc) is 1.60. The van der Waals surface area contributed by atoms with Crippen molar-refractivity contribution >= 4 is 72.6 Å². The number of amides is 2. The first-order valence-electron chi connectivity index (χ1n) is 28.5. The summed E-state index contributed by atoms with van der Waals surface area (Å²) in [4.78, 5) is 90.0. The smallest absolute Gasteiger partial charge is 0.390 e. The molecular formula is C55H76N6O26P3S2+. The number of H-pyrrole nitrogens is 1. The summed E-state index contributed by atoms with van der Waals surface area (Å²) in [6.07, 6.45) is 8.35. The molecule has 4 heterocycles. The van der Waals surface area contributed by atoms with Crippen molar-refractivity contribution in [1.29, 1.82) is 0 Å². The molecule has 1 fully saturated rings. The van der Waals surface area contributed by atoms with Gasteiger partial charge >= 0.3 is 29.2 Å². The Labute approximate surface area is 530 Å². The first kappa shape index (κ1) is 75.3. The fourth-order valence-corrected chi connectivity index (χ4v) is 14.1. The van der Waals surface area contributed by atoms with Crippen molar-refractivity contribution in [2.24, 2.45) is 0 Å². The summed E-state index contributed by atoms with van der Waals surface area (Å²) >= 11 is 0. The van der Waals surface area contributed by atoms with Gasteiger partial charge in [-0.2, -0.15) is 30.0 Å². The van der Waals surface area contributed by atoms with Crippen molar-refractivity contribution in [2.75, 3.05) is 91.0 Å². The van der Waals surface area contributed by atoms with E-state index in [1.807, 2.05) is 74.7 Å². The van der Waals surface area contributed by atoms with Gasteiger partial charge in [0, 0.05) is 73.1 Å². The van der Waals surface area contributed by atoms with Gasteiger partial charge in [-0.25, -0.2) is 18.5 Å². The molecule has 32 nitrogen and oxygen atoms in total. The third-order valence-corrected chi connectivity index (χ3v) is 20.0. The quantitative estimate of drug-likeness (QED) is 0.0101. The molecule has 3 aliphatic rings. The van der Waals surface area contributed by atoms with Crippen LogP contribution in [0.3, 0.4) is 0 Å². The lowest BCUT2D eigenvalue weighted by molar-refractivity contribution is -0.401. The summed E-state index contributed by atoms with van der Waals surface area (Å²) in [5.41, 5.74) is 1.57. The van der Waals surface area contributed by atoms with E-state index in [0.29, 0.717) is 45.6 Å². The highest BCUT2D eigenvalue weighted by Crippen LogP contribution is 2.66. The minimum absolute atomic E-state index is 0.0263. The maximum Gasteiger partial charge on any atom is 0.490 e. The number of aromatic nitrogens is 2. The number of aliphatic hydroxyl groups is 1. The summed E-state index contributed by atoms with van der Waals surface area (Å²) in [6.45, 7) is 9.50. The number of unbranched alkanes of at least 4 members (excludes halogenated alkanes) is 2. The lowest BCUT2D eigenvalue weighted by Gasteiger charge is -2.27. The average molecular weight is 1390 g/mol. The van der Waals surface area contributed by atoms with Crippen LogP contribution < -0.4 is 26.8 Å². The van der Waals surface area contributed by atoms with E-state index in [1.165, 1.54) is 24.3 Å². The summed E-state index contributed by atoms with van der Waals surface area (Å²) in [6, 6.07) is 9.10. The van der Waals surface area contributed by atoms with Gasteiger partial charge in [0.1, 0.15) is 24.9 Å². The van der Waals surface area contributed by atoms with Crippen LogP contribution in [0.25, 0.3) is 0 Å². The van der Waals surface area contributed by atoms with Crippen molar-refractivity contribution in [3.8, 4) is 11.8 Å². The minimum Gasteiger partial charge on any atom is -0.390 e. The normalized spacial score (nSPS) is 19.7. The Morgan fingerprint density at radius 2 is 1.38 bits per heavy atom. The van der Waals surface area contributed by atoms with Crippen LogP contribution in [0, 0.1) is 11.8 Å².